The molecule has 0 fully saturated rings. The number of pyridine rings is 7. The summed E-state index contributed by atoms with van der Waals surface area (Å²) in [7, 11) is 16.8. The summed E-state index contributed by atoms with van der Waals surface area (Å²) in [5.41, 5.74) is 34.6. The summed E-state index contributed by atoms with van der Waals surface area (Å²) < 4.78 is 39.1. The van der Waals surface area contributed by atoms with Crippen LogP contribution >= 0.6 is 0 Å². The second-order valence-electron chi connectivity index (χ2n) is 32.7. The van der Waals surface area contributed by atoms with E-state index in [-0.39, 0.29) is 0 Å². The minimum Gasteiger partial charge on any atom is -0.449 e. The van der Waals surface area contributed by atoms with Gasteiger partial charge in [-0.2, -0.15) is 9.13 Å². The number of anilines is 3. The highest BCUT2D eigenvalue weighted by atomic mass is 16.3. The Morgan fingerprint density at radius 3 is 1.73 bits per heavy atom. The predicted octanol–water partition coefficient (Wildman–Crippen LogP) is 20.1. The maximum atomic E-state index is 6.25. The number of aromatic nitrogens is 15. The number of rotatable bonds is 7. The van der Waals surface area contributed by atoms with E-state index in [1.54, 1.807) is 0 Å². The Hall–Kier alpha value is -14.9. The summed E-state index contributed by atoms with van der Waals surface area (Å²) in [6, 6.07) is 76.6. The van der Waals surface area contributed by atoms with Gasteiger partial charge in [0.15, 0.2) is 30.5 Å². The van der Waals surface area contributed by atoms with Crippen LogP contribution in [0.15, 0.2) is 334 Å². The first kappa shape index (κ1) is 79.2. The van der Waals surface area contributed by atoms with E-state index >= 15 is 0 Å². The van der Waals surface area contributed by atoms with Crippen molar-refractivity contribution in [2.75, 3.05) is 16.8 Å². The van der Waals surface area contributed by atoms with E-state index in [4.69, 9.17) is 4.42 Å². The van der Waals surface area contributed by atoms with E-state index in [0.29, 0.717) is 6.17 Å². The van der Waals surface area contributed by atoms with Gasteiger partial charge < -0.3 is 40.6 Å². The molecule has 123 heavy (non-hydrogen) atoms. The van der Waals surface area contributed by atoms with E-state index in [0.717, 1.165) is 27.6 Å². The van der Waals surface area contributed by atoms with Crippen LogP contribution in [-0.4, -0.2) is 58.0 Å². The van der Waals surface area contributed by atoms with Gasteiger partial charge in [-0.15, -0.1) is 9.36 Å². The summed E-state index contributed by atoms with van der Waals surface area (Å²) in [5, 5.41) is 2.32. The monoisotopic (exact) mass is 1620 g/mol. The van der Waals surface area contributed by atoms with Crippen LogP contribution in [0.25, 0.3) is 123 Å². The van der Waals surface area contributed by atoms with Crippen LogP contribution in [0.5, 0.6) is 0 Å². The molecular formula is C105H106N17O+5. The zero-order chi connectivity index (χ0) is 85.3. The average molecular weight is 1620 g/mol. The average Bonchev–Trinajstić information content (AvgIpc) is 1.62. The number of fused-ring (bicyclic) bond motifs is 11. The van der Waals surface area contributed by atoms with E-state index in [1.165, 1.54) is 157 Å². The van der Waals surface area contributed by atoms with Crippen molar-refractivity contribution in [3.05, 3.63) is 375 Å². The molecule has 0 unspecified atom stereocenters. The lowest BCUT2D eigenvalue weighted by Gasteiger charge is -2.27. The fourth-order valence-electron chi connectivity index (χ4n) is 18.7. The number of furan rings is 1. The van der Waals surface area contributed by atoms with Gasteiger partial charge in [0, 0.05) is 115 Å². The van der Waals surface area contributed by atoms with E-state index in [1.807, 2.05) is 31.4 Å². The Bertz CT molecular complexity index is 7650. The summed E-state index contributed by atoms with van der Waals surface area (Å²) in [6.45, 7) is 19.6. The molecule has 0 saturated heterocycles. The van der Waals surface area contributed by atoms with Crippen molar-refractivity contribution in [1.82, 2.24) is 44.8 Å². The number of nitrogens with zero attached hydrogens (tertiary/aromatic N) is 17. The fourth-order valence-corrected chi connectivity index (χ4v) is 18.7. The third kappa shape index (κ3) is 14.0. The Balaban J connectivity index is 0.000000101. The first-order valence-corrected chi connectivity index (χ1v) is 42.1. The van der Waals surface area contributed by atoms with Crippen molar-refractivity contribution in [2.45, 2.75) is 68.5 Å². The molecular weight excluding hydrogens is 1520 g/mol. The number of hydrogen-bond acceptors (Lipinski definition) is 3. The maximum absolute atomic E-state index is 6.25. The smallest absolute Gasteiger partial charge is 0.296 e. The van der Waals surface area contributed by atoms with Gasteiger partial charge in [0.05, 0.1) is 103 Å². The van der Waals surface area contributed by atoms with Crippen LogP contribution in [0.1, 0.15) is 51.6 Å². The lowest BCUT2D eigenvalue weighted by molar-refractivity contribution is -0.744. The van der Waals surface area contributed by atoms with Crippen LogP contribution in [-0.2, 0) is 49.3 Å². The van der Waals surface area contributed by atoms with Crippen molar-refractivity contribution >= 4 is 83.1 Å². The van der Waals surface area contributed by atoms with Crippen LogP contribution in [0, 0.1) is 55.4 Å². The molecule has 0 amide bonds. The second kappa shape index (κ2) is 32.3. The molecule has 18 aromatic heterocycles. The van der Waals surface area contributed by atoms with Gasteiger partial charge in [0.1, 0.15) is 55.0 Å². The van der Waals surface area contributed by atoms with Gasteiger partial charge in [-0.25, -0.2) is 22.8 Å². The van der Waals surface area contributed by atoms with Gasteiger partial charge >= 0.3 is 0 Å². The molecule has 0 N–H and O–H groups in total. The topological polar surface area (TPSA) is 85.2 Å². The third-order valence-corrected chi connectivity index (χ3v) is 25.0. The molecule has 18 heteroatoms. The maximum Gasteiger partial charge on any atom is 0.296 e. The normalized spacial score (nSPS) is 12.5. The first-order chi connectivity index (χ1) is 59.6. The SMILES string of the molecule is Cc1c(-c2n(C)cc[n+]2C)ccn2cccc12.Cc1c(-n2ccc[n+]2C)cc2ccccn12.Cc1cccc(C)c1-n1cc[n+](C)c1-c1c(C)cn2ccccc12.Cc1cccn2ccc(N3c4ccccc4N(C)[C@@H]3C)c12.Cc1ccn2cccc(-c3c4oc5ccccc5c4cc[n+]3C)c12.Cc1ccn2cccc2c1-c1n(C)c2ccccc2[n+]1C. The van der Waals surface area contributed by atoms with Crippen molar-refractivity contribution in [1.29, 1.82) is 0 Å². The molecule has 1 aliphatic heterocycles. The van der Waals surface area contributed by atoms with Crippen molar-refractivity contribution in [2.24, 2.45) is 49.3 Å². The lowest BCUT2D eigenvalue weighted by Crippen LogP contribution is -2.36. The Kier molecular flexibility index (Phi) is 20.8. The molecule has 0 aliphatic carbocycles. The van der Waals surface area contributed by atoms with Gasteiger partial charge in [-0.3, -0.25) is 0 Å². The summed E-state index contributed by atoms with van der Waals surface area (Å²) in [5.74, 6) is 3.67. The number of imidazole rings is 3. The van der Waals surface area contributed by atoms with Gasteiger partial charge in [0.25, 0.3) is 23.2 Å². The Morgan fingerprint density at radius 2 is 0.967 bits per heavy atom. The van der Waals surface area contributed by atoms with Gasteiger partial charge in [0.2, 0.25) is 5.58 Å². The highest BCUT2D eigenvalue weighted by Gasteiger charge is 2.34. The van der Waals surface area contributed by atoms with E-state index in [2.05, 4.69) is 495 Å². The zero-order valence-corrected chi connectivity index (χ0v) is 73.3. The molecule has 0 bridgehead atoms. The molecule has 1 aliphatic rings. The lowest BCUT2D eigenvalue weighted by atomic mass is 10.1. The summed E-state index contributed by atoms with van der Waals surface area (Å²) in [4.78, 5) is 4.76. The number of hydrogen-bond donors (Lipinski definition) is 0. The van der Waals surface area contributed by atoms with E-state index in [9.17, 15) is 0 Å². The van der Waals surface area contributed by atoms with Crippen LogP contribution in [0.3, 0.4) is 0 Å². The fraction of sp³-hybridized carbons (Fsp3) is 0.171. The van der Waals surface area contributed by atoms with Crippen molar-refractivity contribution in [3.8, 4) is 56.8 Å². The standard InChI is InChI=1S/C21H22N3.C21H17N2O.C18H19N3.C18H18N3.C14H16N3.C13H14N3/c1-15-8-7-9-16(2)20(15)24-13-12-22(4)21(24)19-17(3)14-23-11-6-5-10-18(19)23;1-14-9-13-23-11-5-7-17(19(14)23)20-21-16(10-12-22(20)2)15-6-3-4-8-18(15)24-21;1-13-7-6-11-20-12-10-17(18(13)20)21-14(2)19(3)15-8-4-5-9-16(15)21;1-13-10-12-21-11-6-9-16(21)17(13)18-19(2)14-7-4-5-8-15(14)20(18)3;1-11-12(14-15(2)9-10-16(14)3)6-8-17-7-4-5-13(11)17;1-11-13(16-9-5-7-14(16)2)10-12-6-3-4-8-15(11)12/h5-14H,1-4H3;3-13H,1-2H3;4-12,14H,1-3H3;4-12H,1-3H3;4-10H,1-3H3;3-10H,1-2H3/q2*+1;;3*+1/t;;14-;;;/m..0.../s1. The molecule has 22 aromatic rings. The minimum absolute atomic E-state index is 0.313. The zero-order valence-electron chi connectivity index (χ0n) is 73.3. The second-order valence-corrected chi connectivity index (χ2v) is 32.7. The Morgan fingerprint density at radius 1 is 0.374 bits per heavy atom. The summed E-state index contributed by atoms with van der Waals surface area (Å²) >= 11 is 0. The van der Waals surface area contributed by atoms with Crippen molar-refractivity contribution < 1.29 is 27.4 Å². The molecule has 0 saturated carbocycles. The third-order valence-electron chi connectivity index (χ3n) is 25.0. The highest BCUT2D eigenvalue weighted by Crippen LogP contribution is 2.46. The molecule has 4 aromatic carbocycles. The van der Waals surface area contributed by atoms with Crippen LogP contribution in [0.2, 0.25) is 0 Å². The van der Waals surface area contributed by atoms with E-state index < -0.39 is 0 Å². The predicted molar refractivity (Wildman–Crippen MR) is 498 cm³/mol. The molecule has 0 radical (unpaired) electrons. The molecule has 18 nitrogen and oxygen atoms in total. The minimum atomic E-state index is 0.313. The molecule has 19 heterocycles. The Labute approximate surface area is 717 Å². The van der Waals surface area contributed by atoms with Gasteiger partial charge in [-0.05, 0) is 229 Å². The number of benzene rings is 4. The number of para-hydroxylation sites is 6. The molecule has 1 atom stereocenters. The largest absolute Gasteiger partial charge is 0.449 e. The first-order valence-electron chi connectivity index (χ1n) is 42.1. The highest BCUT2D eigenvalue weighted by molar-refractivity contribution is 6.09. The molecule has 0 spiro atoms. The molecule has 23 rings (SSSR count). The van der Waals surface area contributed by atoms with Crippen LogP contribution in [0.4, 0.5) is 17.1 Å². The summed E-state index contributed by atoms with van der Waals surface area (Å²) in [6.07, 6.45) is 38.3. The van der Waals surface area contributed by atoms with Crippen LogP contribution < -0.4 is 32.8 Å². The molecule has 612 valence electrons. The van der Waals surface area contributed by atoms with Crippen molar-refractivity contribution in [3.63, 3.8) is 0 Å². The quantitative estimate of drug-likeness (QED) is 0.149. The number of aryl methyl sites for hydroxylation is 15. The van der Waals surface area contributed by atoms with Gasteiger partial charge in [-0.1, -0.05) is 78.9 Å².